The summed E-state index contributed by atoms with van der Waals surface area (Å²) in [6.45, 7) is 3.54. The van der Waals surface area contributed by atoms with Crippen LogP contribution in [0.15, 0.2) is 34.7 Å². The molecule has 0 unspecified atom stereocenters. The predicted molar refractivity (Wildman–Crippen MR) is 91.7 cm³/mol. The maximum atomic E-state index is 14.3. The number of hydrogen-bond acceptors (Lipinski definition) is 3. The van der Waals surface area contributed by atoms with Crippen LogP contribution in [0.2, 0.25) is 5.02 Å². The van der Waals surface area contributed by atoms with Gasteiger partial charge in [0.2, 0.25) is 0 Å². The SMILES string of the molecule is CC(C)C(=O)Cc1cc(Cl)c(Cc2nc3cc(F)ccc3o2)cc1F. The summed E-state index contributed by atoms with van der Waals surface area (Å²) in [6.07, 6.45) is 0.177. The lowest BCUT2D eigenvalue weighted by Gasteiger charge is -2.09. The molecule has 1 aromatic heterocycles. The number of aromatic nitrogens is 1. The Hall–Kier alpha value is -2.27. The second-order valence-electron chi connectivity index (χ2n) is 6.23. The smallest absolute Gasteiger partial charge is 0.199 e. The van der Waals surface area contributed by atoms with Crippen LogP contribution in [0.5, 0.6) is 0 Å². The molecule has 3 aromatic rings. The van der Waals surface area contributed by atoms with Crippen molar-refractivity contribution in [3.8, 4) is 0 Å². The standard InChI is InChI=1S/C19H16ClF2NO2/c1-10(2)17(24)7-12-5-14(20)11(6-15(12)22)8-19-23-16-9-13(21)3-4-18(16)25-19/h3-6,9-10H,7-8H2,1-2H3. The lowest BCUT2D eigenvalue weighted by molar-refractivity contribution is -0.121. The minimum absolute atomic E-state index is 0.00562. The average molecular weight is 364 g/mol. The number of ketones is 1. The number of halogens is 3. The summed E-state index contributed by atoms with van der Waals surface area (Å²) in [5, 5.41) is 0.335. The number of fused-ring (bicyclic) bond motifs is 1. The number of nitrogens with zero attached hydrogens (tertiary/aromatic N) is 1. The van der Waals surface area contributed by atoms with Crippen LogP contribution >= 0.6 is 11.6 Å². The second-order valence-corrected chi connectivity index (χ2v) is 6.64. The third-order valence-corrected chi connectivity index (χ3v) is 4.31. The first-order chi connectivity index (χ1) is 11.8. The Morgan fingerprint density at radius 2 is 1.96 bits per heavy atom. The number of hydrogen-bond donors (Lipinski definition) is 0. The maximum absolute atomic E-state index is 14.3. The Kier molecular flexibility index (Phi) is 4.86. The first kappa shape index (κ1) is 17.5. The Morgan fingerprint density at radius 1 is 1.20 bits per heavy atom. The lowest BCUT2D eigenvalue weighted by Crippen LogP contribution is -2.11. The van der Waals surface area contributed by atoms with Crippen molar-refractivity contribution < 1.29 is 18.0 Å². The molecule has 0 bridgehead atoms. The molecule has 0 aliphatic rings. The molecular formula is C19H16ClF2NO2. The number of carbonyl (C=O) groups is 1. The zero-order valence-electron chi connectivity index (χ0n) is 13.8. The first-order valence-corrected chi connectivity index (χ1v) is 8.25. The van der Waals surface area contributed by atoms with Gasteiger partial charge in [-0.1, -0.05) is 25.4 Å². The molecule has 0 radical (unpaired) electrons. The highest BCUT2D eigenvalue weighted by Gasteiger charge is 2.16. The molecule has 6 heteroatoms. The maximum Gasteiger partial charge on any atom is 0.199 e. The van der Waals surface area contributed by atoms with E-state index in [1.54, 1.807) is 13.8 Å². The van der Waals surface area contributed by atoms with Gasteiger partial charge in [-0.25, -0.2) is 13.8 Å². The number of Topliss-reactive ketones (excluding diaryl/α,β-unsaturated/α-hetero) is 1. The van der Waals surface area contributed by atoms with Gasteiger partial charge >= 0.3 is 0 Å². The minimum atomic E-state index is -0.490. The van der Waals surface area contributed by atoms with Gasteiger partial charge in [0, 0.05) is 23.4 Å². The second kappa shape index (κ2) is 6.92. The summed E-state index contributed by atoms with van der Waals surface area (Å²) < 4.78 is 33.1. The van der Waals surface area contributed by atoms with Gasteiger partial charge < -0.3 is 4.42 Å². The minimum Gasteiger partial charge on any atom is -0.440 e. The molecule has 0 saturated heterocycles. The predicted octanol–water partition coefficient (Wildman–Crippen LogP) is 5.12. The average Bonchev–Trinajstić information content (AvgIpc) is 2.93. The van der Waals surface area contributed by atoms with Crippen LogP contribution in [-0.2, 0) is 17.6 Å². The quantitative estimate of drug-likeness (QED) is 0.632. The third-order valence-electron chi connectivity index (χ3n) is 3.96. The molecule has 0 N–H and O–H groups in total. The molecule has 130 valence electrons. The number of carbonyl (C=O) groups excluding carboxylic acids is 1. The van der Waals surface area contributed by atoms with Gasteiger partial charge in [0.05, 0.1) is 6.42 Å². The van der Waals surface area contributed by atoms with Gasteiger partial charge in [0.1, 0.15) is 22.9 Å². The summed E-state index contributed by atoms with van der Waals surface area (Å²) in [4.78, 5) is 16.0. The molecule has 3 nitrogen and oxygen atoms in total. The van der Waals surface area contributed by atoms with Gasteiger partial charge in [-0.05, 0) is 35.4 Å². The fourth-order valence-electron chi connectivity index (χ4n) is 2.48. The van der Waals surface area contributed by atoms with Gasteiger partial charge in [0.15, 0.2) is 11.5 Å². The molecule has 2 aromatic carbocycles. The lowest BCUT2D eigenvalue weighted by atomic mass is 9.99. The van der Waals surface area contributed by atoms with Gasteiger partial charge in [-0.3, -0.25) is 4.79 Å². The molecule has 0 aliphatic heterocycles. The fraction of sp³-hybridized carbons (Fsp3) is 0.263. The van der Waals surface area contributed by atoms with E-state index in [2.05, 4.69) is 4.98 Å². The number of benzene rings is 2. The highest BCUT2D eigenvalue weighted by atomic mass is 35.5. The van der Waals surface area contributed by atoms with Crippen LogP contribution in [0.3, 0.4) is 0 Å². The molecule has 0 atom stereocenters. The summed E-state index contributed by atoms with van der Waals surface area (Å²) >= 11 is 6.23. The van der Waals surface area contributed by atoms with E-state index in [-0.39, 0.29) is 30.1 Å². The molecule has 0 fully saturated rings. The monoisotopic (exact) mass is 363 g/mol. The summed E-state index contributed by atoms with van der Waals surface area (Å²) in [6, 6.07) is 6.80. The van der Waals surface area contributed by atoms with E-state index in [9.17, 15) is 13.6 Å². The first-order valence-electron chi connectivity index (χ1n) is 7.88. The van der Waals surface area contributed by atoms with Crippen molar-refractivity contribution in [2.45, 2.75) is 26.7 Å². The Balaban J connectivity index is 1.86. The van der Waals surface area contributed by atoms with Crippen molar-refractivity contribution in [3.05, 3.63) is 64.0 Å². The van der Waals surface area contributed by atoms with Crippen LogP contribution in [0.1, 0.15) is 30.9 Å². The summed E-state index contributed by atoms with van der Waals surface area (Å²) in [5.74, 6) is -0.805. The van der Waals surface area contributed by atoms with Crippen LogP contribution in [0, 0.1) is 17.6 Å². The van der Waals surface area contributed by atoms with Crippen molar-refractivity contribution in [1.29, 1.82) is 0 Å². The van der Waals surface area contributed by atoms with E-state index in [1.807, 2.05) is 0 Å². The van der Waals surface area contributed by atoms with Crippen molar-refractivity contribution in [3.63, 3.8) is 0 Å². The highest BCUT2D eigenvalue weighted by Crippen LogP contribution is 2.26. The van der Waals surface area contributed by atoms with Crippen molar-refractivity contribution in [2.75, 3.05) is 0 Å². The van der Waals surface area contributed by atoms with Crippen molar-refractivity contribution in [2.24, 2.45) is 5.92 Å². The van der Waals surface area contributed by atoms with Crippen LogP contribution in [0.25, 0.3) is 11.1 Å². The van der Waals surface area contributed by atoms with Crippen molar-refractivity contribution >= 4 is 28.5 Å². The third kappa shape index (κ3) is 3.87. The highest BCUT2D eigenvalue weighted by molar-refractivity contribution is 6.31. The topological polar surface area (TPSA) is 43.1 Å². The molecule has 0 saturated carbocycles. The van der Waals surface area contributed by atoms with Crippen LogP contribution < -0.4 is 0 Å². The molecule has 25 heavy (non-hydrogen) atoms. The van der Waals surface area contributed by atoms with E-state index in [4.69, 9.17) is 16.0 Å². The molecular weight excluding hydrogens is 348 g/mol. The largest absolute Gasteiger partial charge is 0.440 e. The van der Waals surface area contributed by atoms with E-state index in [0.717, 1.165) is 0 Å². The molecule has 0 spiro atoms. The fourth-order valence-corrected chi connectivity index (χ4v) is 2.73. The molecule has 0 amide bonds. The van der Waals surface area contributed by atoms with Gasteiger partial charge in [0.25, 0.3) is 0 Å². The zero-order valence-corrected chi connectivity index (χ0v) is 14.5. The van der Waals surface area contributed by atoms with E-state index in [0.29, 0.717) is 27.6 Å². The molecule has 1 heterocycles. The van der Waals surface area contributed by atoms with Gasteiger partial charge in [-0.2, -0.15) is 0 Å². The molecule has 3 rings (SSSR count). The van der Waals surface area contributed by atoms with Crippen LogP contribution in [0.4, 0.5) is 8.78 Å². The number of oxazole rings is 1. The Morgan fingerprint density at radius 3 is 2.68 bits per heavy atom. The van der Waals surface area contributed by atoms with Crippen molar-refractivity contribution in [1.82, 2.24) is 4.98 Å². The Bertz CT molecular complexity index is 950. The van der Waals surface area contributed by atoms with Gasteiger partial charge in [-0.15, -0.1) is 0 Å². The van der Waals surface area contributed by atoms with E-state index in [1.165, 1.54) is 30.3 Å². The van der Waals surface area contributed by atoms with E-state index < -0.39 is 11.6 Å². The van der Waals surface area contributed by atoms with Crippen LogP contribution in [-0.4, -0.2) is 10.8 Å². The number of rotatable bonds is 5. The Labute approximate surface area is 148 Å². The molecule has 0 aliphatic carbocycles. The normalized spacial score (nSPS) is 11.4. The van der Waals surface area contributed by atoms with E-state index >= 15 is 0 Å². The summed E-state index contributed by atoms with van der Waals surface area (Å²) in [7, 11) is 0. The summed E-state index contributed by atoms with van der Waals surface area (Å²) in [5.41, 5.74) is 1.61. The zero-order chi connectivity index (χ0) is 18.1.